The van der Waals surface area contributed by atoms with Crippen LogP contribution in [0.25, 0.3) is 0 Å². The molecule has 0 saturated heterocycles. The van der Waals surface area contributed by atoms with Crippen LogP contribution in [-0.2, 0) is 19.1 Å². The summed E-state index contributed by atoms with van der Waals surface area (Å²) in [6, 6.07) is -0.643. The third-order valence-corrected chi connectivity index (χ3v) is 2.26. The molecule has 0 aromatic heterocycles. The minimum Gasteiger partial charge on any atom is -0.451 e. The summed E-state index contributed by atoms with van der Waals surface area (Å²) < 4.78 is 4.67. The van der Waals surface area contributed by atoms with E-state index in [0.717, 1.165) is 6.42 Å². The van der Waals surface area contributed by atoms with E-state index in [-0.39, 0.29) is 24.5 Å². The highest BCUT2D eigenvalue weighted by Gasteiger charge is 2.20. The lowest BCUT2D eigenvalue weighted by atomic mass is 10.2. The van der Waals surface area contributed by atoms with Gasteiger partial charge in [0.1, 0.15) is 5.71 Å². The smallest absolute Gasteiger partial charge is 0.355 e. The van der Waals surface area contributed by atoms with Gasteiger partial charge in [-0.25, -0.2) is 15.0 Å². The van der Waals surface area contributed by atoms with E-state index < -0.39 is 24.5 Å². The number of hydrogen-bond acceptors (Lipinski definition) is 6. The molecule has 1 rings (SSSR count). The van der Waals surface area contributed by atoms with Gasteiger partial charge in [-0.1, -0.05) is 6.92 Å². The van der Waals surface area contributed by atoms with Gasteiger partial charge >= 0.3 is 12.0 Å². The van der Waals surface area contributed by atoms with E-state index in [1.54, 1.807) is 0 Å². The Kier molecular flexibility index (Phi) is 6.14. The molecule has 0 radical (unpaired) electrons. The van der Waals surface area contributed by atoms with Gasteiger partial charge in [-0.15, -0.1) is 0 Å². The van der Waals surface area contributed by atoms with Crippen molar-refractivity contribution < 1.29 is 23.9 Å². The molecule has 0 fully saturated rings. The fraction of sp³-hybridized carbons (Fsp3) is 0.545. The Hall–Kier alpha value is -2.45. The second kappa shape index (κ2) is 7.87. The van der Waals surface area contributed by atoms with Crippen molar-refractivity contribution in [3.05, 3.63) is 0 Å². The number of hydrazone groups is 1. The predicted octanol–water partition coefficient (Wildman–Crippen LogP) is -0.969. The maximum Gasteiger partial charge on any atom is 0.355 e. The molecule has 20 heavy (non-hydrogen) atoms. The Balaban J connectivity index is 2.28. The number of amides is 4. The molecule has 1 heterocycles. The zero-order valence-corrected chi connectivity index (χ0v) is 11.0. The number of carbonyl (C=O) groups excluding carboxylic acids is 4. The fourth-order valence-corrected chi connectivity index (χ4v) is 1.28. The molecule has 0 aliphatic carbocycles. The normalized spacial score (nSPS) is 13.8. The summed E-state index contributed by atoms with van der Waals surface area (Å²) in [4.78, 5) is 44.7. The van der Waals surface area contributed by atoms with Gasteiger partial charge in [0.05, 0.1) is 0 Å². The monoisotopic (exact) mass is 284 g/mol. The highest BCUT2D eigenvalue weighted by atomic mass is 16.5. The zero-order valence-electron chi connectivity index (χ0n) is 11.0. The number of urea groups is 1. The van der Waals surface area contributed by atoms with Crippen LogP contribution in [0.4, 0.5) is 4.79 Å². The minimum absolute atomic E-state index is 0.0350. The number of hydrogen-bond donors (Lipinski definition) is 3. The van der Waals surface area contributed by atoms with Crippen LogP contribution in [-0.4, -0.2) is 42.7 Å². The van der Waals surface area contributed by atoms with E-state index in [4.69, 9.17) is 0 Å². The number of esters is 1. The van der Waals surface area contributed by atoms with Crippen LogP contribution in [0.3, 0.4) is 0 Å². The molecular formula is C11H16N4O5. The van der Waals surface area contributed by atoms with Crippen LogP contribution in [0, 0.1) is 0 Å². The SMILES string of the molecule is CCCNC(=O)NC(=O)COC(=O)C1=NNC(=O)CC1. The molecule has 0 aromatic rings. The number of rotatable bonds is 5. The molecule has 3 N–H and O–H groups in total. The van der Waals surface area contributed by atoms with Crippen LogP contribution < -0.4 is 16.1 Å². The van der Waals surface area contributed by atoms with Crippen LogP contribution in [0.5, 0.6) is 0 Å². The molecular weight excluding hydrogens is 268 g/mol. The van der Waals surface area contributed by atoms with Crippen molar-refractivity contribution in [2.75, 3.05) is 13.2 Å². The number of carbonyl (C=O) groups is 4. The second-order valence-electron chi connectivity index (χ2n) is 3.97. The van der Waals surface area contributed by atoms with Gasteiger partial charge in [-0.2, -0.15) is 5.10 Å². The molecule has 0 atom stereocenters. The van der Waals surface area contributed by atoms with Crippen molar-refractivity contribution in [3.63, 3.8) is 0 Å². The highest BCUT2D eigenvalue weighted by Crippen LogP contribution is 2.01. The Bertz CT molecular complexity index is 446. The van der Waals surface area contributed by atoms with E-state index in [9.17, 15) is 19.2 Å². The number of imide groups is 1. The molecule has 9 nitrogen and oxygen atoms in total. The lowest BCUT2D eigenvalue weighted by Crippen LogP contribution is -2.42. The molecule has 0 spiro atoms. The zero-order chi connectivity index (χ0) is 15.0. The fourth-order valence-electron chi connectivity index (χ4n) is 1.28. The summed E-state index contributed by atoms with van der Waals surface area (Å²) in [6.45, 7) is 1.72. The second-order valence-corrected chi connectivity index (χ2v) is 3.97. The molecule has 1 aliphatic heterocycles. The van der Waals surface area contributed by atoms with Crippen LogP contribution in [0.2, 0.25) is 0 Å². The van der Waals surface area contributed by atoms with E-state index in [1.807, 2.05) is 12.2 Å². The molecule has 0 unspecified atom stereocenters. The first kappa shape index (κ1) is 15.6. The maximum atomic E-state index is 11.5. The van der Waals surface area contributed by atoms with Crippen LogP contribution in [0.15, 0.2) is 5.10 Å². The van der Waals surface area contributed by atoms with Gasteiger partial charge in [0, 0.05) is 19.4 Å². The Morgan fingerprint density at radius 3 is 2.70 bits per heavy atom. The van der Waals surface area contributed by atoms with E-state index in [1.165, 1.54) is 0 Å². The van der Waals surface area contributed by atoms with Crippen molar-refractivity contribution in [2.24, 2.45) is 5.10 Å². The quantitative estimate of drug-likeness (QED) is 0.560. The molecule has 1 aliphatic rings. The lowest BCUT2D eigenvalue weighted by Gasteiger charge is -2.11. The highest BCUT2D eigenvalue weighted by molar-refractivity contribution is 6.37. The summed E-state index contributed by atoms with van der Waals surface area (Å²) in [5.74, 6) is -1.83. The lowest BCUT2D eigenvalue weighted by molar-refractivity contribution is -0.142. The third kappa shape index (κ3) is 5.46. The Morgan fingerprint density at radius 2 is 2.10 bits per heavy atom. The topological polar surface area (TPSA) is 126 Å². The summed E-state index contributed by atoms with van der Waals surface area (Å²) in [6.07, 6.45) is 1.03. The van der Waals surface area contributed by atoms with Crippen molar-refractivity contribution in [1.29, 1.82) is 0 Å². The average molecular weight is 284 g/mol. The molecule has 4 amide bonds. The van der Waals surface area contributed by atoms with Gasteiger partial charge < -0.3 is 10.1 Å². The molecule has 0 aromatic carbocycles. The average Bonchev–Trinajstić information content (AvgIpc) is 2.43. The van der Waals surface area contributed by atoms with Crippen molar-refractivity contribution in [1.82, 2.24) is 16.1 Å². The Labute approximate surface area is 115 Å². The van der Waals surface area contributed by atoms with Gasteiger partial charge in [0.15, 0.2) is 6.61 Å². The van der Waals surface area contributed by atoms with Crippen LogP contribution in [0.1, 0.15) is 26.2 Å². The summed E-state index contributed by atoms with van der Waals surface area (Å²) in [5, 5.41) is 7.96. The Morgan fingerprint density at radius 1 is 1.35 bits per heavy atom. The predicted molar refractivity (Wildman–Crippen MR) is 67.6 cm³/mol. The summed E-state index contributed by atoms with van der Waals surface area (Å²) in [5.41, 5.74) is 2.17. The number of nitrogens with one attached hydrogen (secondary N) is 3. The van der Waals surface area contributed by atoms with Crippen LogP contribution >= 0.6 is 0 Å². The van der Waals surface area contributed by atoms with E-state index in [0.29, 0.717) is 6.54 Å². The molecule has 110 valence electrons. The van der Waals surface area contributed by atoms with Crippen molar-refractivity contribution in [3.8, 4) is 0 Å². The first-order valence-electron chi connectivity index (χ1n) is 6.13. The third-order valence-electron chi connectivity index (χ3n) is 2.26. The van der Waals surface area contributed by atoms with Gasteiger partial charge in [0.2, 0.25) is 5.91 Å². The van der Waals surface area contributed by atoms with E-state index >= 15 is 0 Å². The van der Waals surface area contributed by atoms with Gasteiger partial charge in [-0.3, -0.25) is 14.9 Å². The summed E-state index contributed by atoms with van der Waals surface area (Å²) >= 11 is 0. The standard InChI is InChI=1S/C11H16N4O5/c1-2-5-12-11(19)13-9(17)6-20-10(18)7-3-4-8(16)15-14-7/h2-6H2,1H3,(H,15,16)(H2,12,13,17,19). The molecule has 0 saturated carbocycles. The number of ether oxygens (including phenoxy) is 1. The van der Waals surface area contributed by atoms with Gasteiger partial charge in [0.25, 0.3) is 5.91 Å². The first-order chi connectivity index (χ1) is 9.52. The first-order valence-corrected chi connectivity index (χ1v) is 6.13. The maximum absolute atomic E-state index is 11.5. The van der Waals surface area contributed by atoms with Crippen molar-refractivity contribution in [2.45, 2.75) is 26.2 Å². The van der Waals surface area contributed by atoms with Gasteiger partial charge in [-0.05, 0) is 6.42 Å². The van der Waals surface area contributed by atoms with E-state index in [2.05, 4.69) is 20.6 Å². The molecule has 0 bridgehead atoms. The minimum atomic E-state index is -0.797. The largest absolute Gasteiger partial charge is 0.451 e. The molecule has 9 heteroatoms. The number of nitrogens with zero attached hydrogens (tertiary/aromatic N) is 1. The van der Waals surface area contributed by atoms with Crippen molar-refractivity contribution >= 4 is 29.5 Å². The summed E-state index contributed by atoms with van der Waals surface area (Å²) in [7, 11) is 0.